The van der Waals surface area contributed by atoms with Gasteiger partial charge >= 0.3 is 5.97 Å². The number of esters is 1. The summed E-state index contributed by atoms with van der Waals surface area (Å²) in [6.45, 7) is 1.73. The van der Waals surface area contributed by atoms with Gasteiger partial charge in [0.25, 0.3) is 0 Å². The number of amides is 1. The number of ether oxygens (including phenoxy) is 1. The molecular formula is C10H18N2O5S. The van der Waals surface area contributed by atoms with Crippen molar-refractivity contribution in [1.29, 1.82) is 0 Å². The van der Waals surface area contributed by atoms with Crippen LogP contribution < -0.4 is 11.1 Å². The van der Waals surface area contributed by atoms with Gasteiger partial charge in [-0.25, -0.2) is 13.2 Å². The molecule has 1 amide bonds. The summed E-state index contributed by atoms with van der Waals surface area (Å²) in [5.74, 6) is -1.38. The maximum absolute atomic E-state index is 11.5. The number of nitrogens with one attached hydrogen (secondary N) is 1. The molecule has 1 aliphatic rings. The summed E-state index contributed by atoms with van der Waals surface area (Å²) in [7, 11) is -3.11. The summed E-state index contributed by atoms with van der Waals surface area (Å²) in [5.41, 5.74) is 5.36. The van der Waals surface area contributed by atoms with E-state index in [0.29, 0.717) is 12.8 Å². The minimum Gasteiger partial charge on any atom is -0.464 e. The summed E-state index contributed by atoms with van der Waals surface area (Å²) in [5, 5.41) is 1.80. The highest BCUT2D eigenvalue weighted by Gasteiger charge is 2.32. The van der Waals surface area contributed by atoms with Crippen molar-refractivity contribution in [3.05, 3.63) is 0 Å². The third kappa shape index (κ3) is 3.67. The standard InChI is InChI=1S/C10H18N2O5S/c1-2-17-10(14)8(11)9(13)12-6-7-4-3-5-18(7,15)16/h7-8H,2-6,11H2,1H3,(H,12,13). The summed E-state index contributed by atoms with van der Waals surface area (Å²) in [4.78, 5) is 22.7. The predicted octanol–water partition coefficient (Wildman–Crippen LogP) is -1.43. The van der Waals surface area contributed by atoms with E-state index in [4.69, 9.17) is 5.73 Å². The molecule has 7 nitrogen and oxygen atoms in total. The third-order valence-corrected chi connectivity index (χ3v) is 5.07. The molecule has 0 bridgehead atoms. The van der Waals surface area contributed by atoms with E-state index in [0.717, 1.165) is 0 Å². The summed E-state index contributed by atoms with van der Waals surface area (Å²) in [6, 6.07) is -1.41. The second kappa shape index (κ2) is 6.14. The topological polar surface area (TPSA) is 116 Å². The quantitative estimate of drug-likeness (QED) is 0.470. The fourth-order valence-electron chi connectivity index (χ4n) is 1.75. The summed E-state index contributed by atoms with van der Waals surface area (Å²) in [6.07, 6.45) is 1.13. The first-order valence-electron chi connectivity index (χ1n) is 5.80. The molecule has 1 aliphatic heterocycles. The lowest BCUT2D eigenvalue weighted by atomic mass is 10.2. The van der Waals surface area contributed by atoms with Crippen molar-refractivity contribution in [2.45, 2.75) is 31.1 Å². The molecule has 1 fully saturated rings. The number of carbonyl (C=O) groups is 2. The fourth-order valence-corrected chi connectivity index (χ4v) is 3.52. The van der Waals surface area contributed by atoms with Gasteiger partial charge in [0.15, 0.2) is 15.9 Å². The smallest absolute Gasteiger partial charge is 0.332 e. The second-order valence-electron chi connectivity index (χ2n) is 4.11. The van der Waals surface area contributed by atoms with Crippen LogP contribution in [0.25, 0.3) is 0 Å². The van der Waals surface area contributed by atoms with Gasteiger partial charge in [0.2, 0.25) is 5.91 Å². The van der Waals surface area contributed by atoms with Crippen molar-refractivity contribution < 1.29 is 22.7 Å². The van der Waals surface area contributed by atoms with Crippen LogP contribution >= 0.6 is 0 Å². The van der Waals surface area contributed by atoms with Gasteiger partial charge in [0.1, 0.15) is 0 Å². The van der Waals surface area contributed by atoms with E-state index in [1.54, 1.807) is 6.92 Å². The first kappa shape index (κ1) is 14.9. The highest BCUT2D eigenvalue weighted by Crippen LogP contribution is 2.18. The number of hydrogen-bond donors (Lipinski definition) is 2. The van der Waals surface area contributed by atoms with Crippen molar-refractivity contribution in [1.82, 2.24) is 5.32 Å². The van der Waals surface area contributed by atoms with Gasteiger partial charge in [0.05, 0.1) is 17.6 Å². The number of nitrogens with two attached hydrogens (primary N) is 1. The Morgan fingerprint density at radius 3 is 2.67 bits per heavy atom. The Morgan fingerprint density at radius 1 is 1.50 bits per heavy atom. The molecule has 0 aliphatic carbocycles. The van der Waals surface area contributed by atoms with Crippen LogP contribution in [0.2, 0.25) is 0 Å². The average Bonchev–Trinajstić information content (AvgIpc) is 2.64. The number of rotatable bonds is 5. The molecule has 8 heteroatoms. The van der Waals surface area contributed by atoms with Crippen LogP contribution in [0.1, 0.15) is 19.8 Å². The van der Waals surface area contributed by atoms with Crippen LogP contribution in [0.15, 0.2) is 0 Å². The Labute approximate surface area is 106 Å². The molecule has 2 atom stereocenters. The van der Waals surface area contributed by atoms with Crippen molar-refractivity contribution in [3.8, 4) is 0 Å². The average molecular weight is 278 g/mol. The monoisotopic (exact) mass is 278 g/mol. The minimum atomic E-state index is -3.11. The molecule has 2 unspecified atom stereocenters. The van der Waals surface area contributed by atoms with Gasteiger partial charge < -0.3 is 15.8 Å². The van der Waals surface area contributed by atoms with Gasteiger partial charge in [0, 0.05) is 6.54 Å². The van der Waals surface area contributed by atoms with Crippen molar-refractivity contribution in [2.24, 2.45) is 5.73 Å². The van der Waals surface area contributed by atoms with Gasteiger partial charge in [-0.1, -0.05) is 0 Å². The molecule has 0 aromatic carbocycles. The molecule has 3 N–H and O–H groups in total. The number of sulfone groups is 1. The zero-order valence-electron chi connectivity index (χ0n) is 10.2. The molecule has 0 spiro atoms. The largest absolute Gasteiger partial charge is 0.464 e. The van der Waals surface area contributed by atoms with Crippen molar-refractivity contribution >= 4 is 21.7 Å². The Bertz CT molecular complexity index is 420. The minimum absolute atomic E-state index is 0.00568. The zero-order valence-corrected chi connectivity index (χ0v) is 11.0. The lowest BCUT2D eigenvalue weighted by Gasteiger charge is -2.13. The molecular weight excluding hydrogens is 260 g/mol. The maximum Gasteiger partial charge on any atom is 0.332 e. The lowest BCUT2D eigenvalue weighted by Crippen LogP contribution is -2.49. The first-order valence-corrected chi connectivity index (χ1v) is 7.51. The Balaban J connectivity index is 2.44. The van der Waals surface area contributed by atoms with E-state index in [1.807, 2.05) is 0 Å². The summed E-state index contributed by atoms with van der Waals surface area (Å²) < 4.78 is 27.6. The maximum atomic E-state index is 11.5. The Kier molecular flexibility index (Phi) is 5.09. The molecule has 0 saturated carbocycles. The van der Waals surface area contributed by atoms with Crippen LogP contribution in [-0.4, -0.2) is 50.5 Å². The van der Waals surface area contributed by atoms with Crippen LogP contribution in [-0.2, 0) is 24.2 Å². The molecule has 104 valence electrons. The molecule has 1 heterocycles. The molecule has 0 radical (unpaired) electrons. The zero-order chi connectivity index (χ0) is 13.8. The van der Waals surface area contributed by atoms with E-state index in [1.165, 1.54) is 0 Å². The first-order chi connectivity index (χ1) is 8.38. The molecule has 0 aromatic heterocycles. The highest BCUT2D eigenvalue weighted by atomic mass is 32.2. The molecule has 1 rings (SSSR count). The van der Waals surface area contributed by atoms with E-state index >= 15 is 0 Å². The van der Waals surface area contributed by atoms with E-state index in [-0.39, 0.29) is 18.9 Å². The Hall–Kier alpha value is -1.15. The van der Waals surface area contributed by atoms with Crippen LogP contribution in [0.4, 0.5) is 0 Å². The van der Waals surface area contributed by atoms with Crippen molar-refractivity contribution in [3.63, 3.8) is 0 Å². The van der Waals surface area contributed by atoms with E-state index < -0.39 is 33.0 Å². The normalized spacial score (nSPS) is 23.3. The lowest BCUT2D eigenvalue weighted by molar-refractivity contribution is -0.147. The highest BCUT2D eigenvalue weighted by molar-refractivity contribution is 7.92. The predicted molar refractivity (Wildman–Crippen MR) is 64.4 cm³/mol. The summed E-state index contributed by atoms with van der Waals surface area (Å²) >= 11 is 0. The van der Waals surface area contributed by atoms with Crippen LogP contribution in [0, 0.1) is 0 Å². The number of carbonyl (C=O) groups excluding carboxylic acids is 2. The second-order valence-corrected chi connectivity index (χ2v) is 6.51. The fraction of sp³-hybridized carbons (Fsp3) is 0.800. The van der Waals surface area contributed by atoms with Gasteiger partial charge in [-0.2, -0.15) is 0 Å². The van der Waals surface area contributed by atoms with Crippen LogP contribution in [0.3, 0.4) is 0 Å². The molecule has 1 saturated heterocycles. The van der Waals surface area contributed by atoms with Gasteiger partial charge in [-0.3, -0.25) is 4.79 Å². The van der Waals surface area contributed by atoms with Crippen LogP contribution in [0.5, 0.6) is 0 Å². The van der Waals surface area contributed by atoms with E-state index in [9.17, 15) is 18.0 Å². The Morgan fingerprint density at radius 2 is 2.17 bits per heavy atom. The van der Waals surface area contributed by atoms with Crippen molar-refractivity contribution in [2.75, 3.05) is 18.9 Å². The molecule has 0 aromatic rings. The number of hydrogen-bond acceptors (Lipinski definition) is 6. The SMILES string of the molecule is CCOC(=O)C(N)C(=O)NCC1CCCS1(=O)=O. The molecule has 18 heavy (non-hydrogen) atoms. The van der Waals surface area contributed by atoms with E-state index in [2.05, 4.69) is 10.1 Å². The third-order valence-electron chi connectivity index (χ3n) is 2.79. The van der Waals surface area contributed by atoms with Gasteiger partial charge in [-0.05, 0) is 19.8 Å². The van der Waals surface area contributed by atoms with Gasteiger partial charge in [-0.15, -0.1) is 0 Å².